The molecule has 23 heavy (non-hydrogen) atoms. The molecule has 0 radical (unpaired) electrons. The molecular formula is C21H19FO. The quantitative estimate of drug-likeness (QED) is 0.602. The maximum absolute atomic E-state index is 12.9. The Hall–Kier alpha value is -2.61. The molecule has 3 aromatic carbocycles. The van der Waals surface area contributed by atoms with Gasteiger partial charge in [0.15, 0.2) is 0 Å². The van der Waals surface area contributed by atoms with Gasteiger partial charge in [-0.25, -0.2) is 4.39 Å². The summed E-state index contributed by atoms with van der Waals surface area (Å²) in [5.41, 5.74) is 6.08. The van der Waals surface area contributed by atoms with Gasteiger partial charge in [-0.1, -0.05) is 42.5 Å². The molecule has 0 bridgehead atoms. The molecule has 0 unspecified atom stereocenters. The van der Waals surface area contributed by atoms with Gasteiger partial charge in [-0.15, -0.1) is 0 Å². The summed E-state index contributed by atoms with van der Waals surface area (Å²) in [6, 6.07) is 20.8. The molecule has 0 aromatic heterocycles. The molecule has 0 spiro atoms. The van der Waals surface area contributed by atoms with Crippen molar-refractivity contribution < 1.29 is 9.13 Å². The van der Waals surface area contributed by atoms with Crippen molar-refractivity contribution >= 4 is 0 Å². The Morgan fingerprint density at radius 2 is 1.43 bits per heavy atom. The number of hydrogen-bond donors (Lipinski definition) is 0. The molecule has 0 heterocycles. The van der Waals surface area contributed by atoms with Gasteiger partial charge in [0.05, 0.1) is 0 Å². The van der Waals surface area contributed by atoms with Crippen molar-refractivity contribution in [3.63, 3.8) is 0 Å². The highest BCUT2D eigenvalue weighted by molar-refractivity contribution is 5.71. The fourth-order valence-electron chi connectivity index (χ4n) is 2.89. The van der Waals surface area contributed by atoms with Gasteiger partial charge in [0.1, 0.15) is 18.2 Å². The third-order valence-corrected chi connectivity index (χ3v) is 3.87. The van der Waals surface area contributed by atoms with E-state index in [1.165, 1.54) is 34.4 Å². The fourth-order valence-corrected chi connectivity index (χ4v) is 2.89. The van der Waals surface area contributed by atoms with Crippen LogP contribution in [0.3, 0.4) is 0 Å². The lowest BCUT2D eigenvalue weighted by molar-refractivity contribution is 0.305. The Bertz CT molecular complexity index is 769. The predicted octanol–water partition coefficient (Wildman–Crippen LogP) is 5.69. The Labute approximate surface area is 136 Å². The van der Waals surface area contributed by atoms with E-state index >= 15 is 0 Å². The highest BCUT2D eigenvalue weighted by Crippen LogP contribution is 2.28. The molecule has 2 heteroatoms. The molecule has 3 rings (SSSR count). The van der Waals surface area contributed by atoms with Crippen LogP contribution >= 0.6 is 0 Å². The van der Waals surface area contributed by atoms with E-state index in [0.29, 0.717) is 12.4 Å². The van der Waals surface area contributed by atoms with E-state index in [0.717, 1.165) is 5.56 Å². The molecule has 116 valence electrons. The molecule has 1 nitrogen and oxygen atoms in total. The minimum absolute atomic E-state index is 0.253. The third kappa shape index (κ3) is 3.59. The summed E-state index contributed by atoms with van der Waals surface area (Å²) < 4.78 is 18.6. The zero-order valence-corrected chi connectivity index (χ0v) is 13.3. The molecule has 3 aromatic rings. The number of benzene rings is 3. The normalized spacial score (nSPS) is 10.6. The van der Waals surface area contributed by atoms with E-state index in [4.69, 9.17) is 4.74 Å². The molecule has 0 saturated carbocycles. The van der Waals surface area contributed by atoms with Crippen LogP contribution in [0.15, 0.2) is 66.7 Å². The highest BCUT2D eigenvalue weighted by Gasteiger charge is 2.08. The molecule has 0 atom stereocenters. The van der Waals surface area contributed by atoms with Crippen molar-refractivity contribution in [3.8, 4) is 16.9 Å². The van der Waals surface area contributed by atoms with Crippen LogP contribution < -0.4 is 4.74 Å². The van der Waals surface area contributed by atoms with Crippen LogP contribution in [0.4, 0.5) is 4.39 Å². The zero-order valence-electron chi connectivity index (χ0n) is 13.3. The second-order valence-electron chi connectivity index (χ2n) is 5.71. The van der Waals surface area contributed by atoms with Gasteiger partial charge in [-0.2, -0.15) is 0 Å². The molecular weight excluding hydrogens is 287 g/mol. The summed E-state index contributed by atoms with van der Waals surface area (Å²) in [6.07, 6.45) is 0. The molecule has 0 N–H and O–H groups in total. The number of halogens is 1. The van der Waals surface area contributed by atoms with Crippen LogP contribution in [0, 0.1) is 19.7 Å². The van der Waals surface area contributed by atoms with Crippen molar-refractivity contribution in [2.45, 2.75) is 20.5 Å². The maximum atomic E-state index is 12.9. The van der Waals surface area contributed by atoms with Crippen LogP contribution in [0.5, 0.6) is 5.75 Å². The summed E-state index contributed by atoms with van der Waals surface area (Å²) in [5, 5.41) is 0. The van der Waals surface area contributed by atoms with Crippen molar-refractivity contribution in [2.75, 3.05) is 0 Å². The smallest absolute Gasteiger partial charge is 0.123 e. The summed E-state index contributed by atoms with van der Waals surface area (Å²) in [7, 11) is 0. The second-order valence-corrected chi connectivity index (χ2v) is 5.71. The Balaban J connectivity index is 1.81. The monoisotopic (exact) mass is 306 g/mol. The molecule has 0 aliphatic rings. The van der Waals surface area contributed by atoms with Gasteiger partial charge < -0.3 is 4.74 Å². The van der Waals surface area contributed by atoms with Crippen LogP contribution in [0.1, 0.15) is 16.7 Å². The lowest BCUT2D eigenvalue weighted by atomic mass is 9.94. The molecule has 0 saturated heterocycles. The van der Waals surface area contributed by atoms with Crippen molar-refractivity contribution in [1.82, 2.24) is 0 Å². The maximum Gasteiger partial charge on any atom is 0.123 e. The highest BCUT2D eigenvalue weighted by atomic mass is 19.1. The average Bonchev–Trinajstić information content (AvgIpc) is 2.55. The first kappa shape index (κ1) is 15.3. The van der Waals surface area contributed by atoms with Crippen LogP contribution in [-0.2, 0) is 6.61 Å². The second kappa shape index (κ2) is 6.66. The summed E-state index contributed by atoms with van der Waals surface area (Å²) >= 11 is 0. The third-order valence-electron chi connectivity index (χ3n) is 3.87. The van der Waals surface area contributed by atoms with E-state index in [9.17, 15) is 4.39 Å². The van der Waals surface area contributed by atoms with Crippen LogP contribution in [0.2, 0.25) is 0 Å². The van der Waals surface area contributed by atoms with Gasteiger partial charge in [-0.05, 0) is 65.9 Å². The van der Waals surface area contributed by atoms with E-state index < -0.39 is 0 Å². The van der Waals surface area contributed by atoms with Crippen molar-refractivity contribution in [3.05, 3.63) is 89.2 Å². The van der Waals surface area contributed by atoms with Gasteiger partial charge in [0.2, 0.25) is 0 Å². The van der Waals surface area contributed by atoms with Crippen molar-refractivity contribution in [2.24, 2.45) is 0 Å². The van der Waals surface area contributed by atoms with Gasteiger partial charge in [0.25, 0.3) is 0 Å². The average molecular weight is 306 g/mol. The predicted molar refractivity (Wildman–Crippen MR) is 92.1 cm³/mol. The molecule has 0 aliphatic carbocycles. The first-order valence-corrected chi connectivity index (χ1v) is 7.67. The minimum atomic E-state index is -0.253. The minimum Gasteiger partial charge on any atom is -0.489 e. The molecule has 0 fully saturated rings. The lowest BCUT2D eigenvalue weighted by Gasteiger charge is -2.14. The Morgan fingerprint density at radius 1 is 0.826 bits per heavy atom. The van der Waals surface area contributed by atoms with Crippen LogP contribution in [0.25, 0.3) is 11.1 Å². The topological polar surface area (TPSA) is 9.23 Å². The van der Waals surface area contributed by atoms with Gasteiger partial charge in [-0.3, -0.25) is 0 Å². The number of rotatable bonds is 4. The lowest BCUT2D eigenvalue weighted by Crippen LogP contribution is -1.98. The zero-order chi connectivity index (χ0) is 16.2. The van der Waals surface area contributed by atoms with Crippen molar-refractivity contribution in [1.29, 1.82) is 0 Å². The van der Waals surface area contributed by atoms with Crippen LogP contribution in [-0.4, -0.2) is 0 Å². The number of ether oxygens (including phenoxy) is 1. The van der Waals surface area contributed by atoms with E-state index in [1.54, 1.807) is 12.1 Å². The van der Waals surface area contributed by atoms with E-state index in [-0.39, 0.29) is 5.82 Å². The van der Waals surface area contributed by atoms with E-state index in [2.05, 4.69) is 50.2 Å². The van der Waals surface area contributed by atoms with E-state index in [1.807, 2.05) is 6.07 Å². The Kier molecular flexibility index (Phi) is 4.42. The number of hydrogen-bond acceptors (Lipinski definition) is 1. The number of aryl methyl sites for hydroxylation is 2. The standard InChI is InChI=1S/C21H19FO/c1-15-12-17(14-23-20-10-8-19(22)9-11-20)13-16(2)21(15)18-6-4-3-5-7-18/h3-13H,14H2,1-2H3. The summed E-state index contributed by atoms with van der Waals surface area (Å²) in [4.78, 5) is 0. The summed E-state index contributed by atoms with van der Waals surface area (Å²) in [5.74, 6) is 0.421. The SMILES string of the molecule is Cc1cc(COc2ccc(F)cc2)cc(C)c1-c1ccccc1. The fraction of sp³-hybridized carbons (Fsp3) is 0.143. The Morgan fingerprint density at radius 3 is 2.04 bits per heavy atom. The summed E-state index contributed by atoms with van der Waals surface area (Å²) in [6.45, 7) is 4.72. The van der Waals surface area contributed by atoms with Gasteiger partial charge in [0, 0.05) is 0 Å². The largest absolute Gasteiger partial charge is 0.489 e. The molecule has 0 aliphatic heterocycles. The first-order valence-electron chi connectivity index (χ1n) is 7.67. The molecule has 0 amide bonds. The van der Waals surface area contributed by atoms with Gasteiger partial charge >= 0.3 is 0 Å². The first-order chi connectivity index (χ1) is 11.1.